The Bertz CT molecular complexity index is 418. The van der Waals surface area contributed by atoms with Gasteiger partial charge < -0.3 is 20.1 Å². The van der Waals surface area contributed by atoms with Crippen LogP contribution in [0.2, 0.25) is 0 Å². The summed E-state index contributed by atoms with van der Waals surface area (Å²) in [7, 11) is 2.09. The first kappa shape index (κ1) is 13.0. The first-order chi connectivity index (χ1) is 8.52. The Hall–Kier alpha value is -1.42. The smallest absolute Gasteiger partial charge is 0.231 e. The molecule has 0 spiro atoms. The summed E-state index contributed by atoms with van der Waals surface area (Å²) < 4.78 is 10.7. The van der Waals surface area contributed by atoms with Crippen LogP contribution in [0.3, 0.4) is 0 Å². The van der Waals surface area contributed by atoms with Crippen LogP contribution in [0.1, 0.15) is 20.3 Å². The molecule has 1 heterocycles. The van der Waals surface area contributed by atoms with Crippen molar-refractivity contribution < 1.29 is 9.47 Å². The van der Waals surface area contributed by atoms with Crippen molar-refractivity contribution in [2.24, 2.45) is 11.1 Å². The fourth-order valence-corrected chi connectivity index (χ4v) is 1.82. The van der Waals surface area contributed by atoms with Crippen LogP contribution in [0.4, 0.5) is 5.69 Å². The van der Waals surface area contributed by atoms with Gasteiger partial charge in [-0.2, -0.15) is 0 Å². The van der Waals surface area contributed by atoms with Gasteiger partial charge in [-0.1, -0.05) is 13.8 Å². The second kappa shape index (κ2) is 5.06. The van der Waals surface area contributed by atoms with E-state index >= 15 is 0 Å². The summed E-state index contributed by atoms with van der Waals surface area (Å²) in [5.74, 6) is 1.66. The summed E-state index contributed by atoms with van der Waals surface area (Å²) in [4.78, 5) is 2.22. The monoisotopic (exact) mass is 250 g/mol. The average molecular weight is 250 g/mol. The third-order valence-corrected chi connectivity index (χ3v) is 3.47. The van der Waals surface area contributed by atoms with Crippen LogP contribution in [-0.4, -0.2) is 26.9 Å². The molecule has 0 radical (unpaired) electrons. The van der Waals surface area contributed by atoms with Crippen molar-refractivity contribution in [3.8, 4) is 11.5 Å². The van der Waals surface area contributed by atoms with Crippen molar-refractivity contribution in [2.45, 2.75) is 20.3 Å². The molecule has 2 rings (SSSR count). The lowest BCUT2D eigenvalue weighted by Crippen LogP contribution is -2.29. The van der Waals surface area contributed by atoms with Crippen molar-refractivity contribution in [3.63, 3.8) is 0 Å². The SMILES string of the molecule is CN(CCC(C)(C)CN)c1ccc2c(c1)OCO2. The van der Waals surface area contributed by atoms with E-state index in [0.717, 1.165) is 30.2 Å². The summed E-state index contributed by atoms with van der Waals surface area (Å²) in [6.45, 7) is 6.40. The number of fused-ring (bicyclic) bond motifs is 1. The van der Waals surface area contributed by atoms with Crippen molar-refractivity contribution in [1.82, 2.24) is 0 Å². The summed E-state index contributed by atoms with van der Waals surface area (Å²) >= 11 is 0. The van der Waals surface area contributed by atoms with Gasteiger partial charge in [0.2, 0.25) is 6.79 Å². The molecule has 1 aliphatic rings. The number of ether oxygens (including phenoxy) is 2. The van der Waals surface area contributed by atoms with Crippen LogP contribution in [0.15, 0.2) is 18.2 Å². The number of nitrogens with zero attached hydrogens (tertiary/aromatic N) is 1. The van der Waals surface area contributed by atoms with E-state index in [-0.39, 0.29) is 5.41 Å². The zero-order chi connectivity index (χ0) is 13.2. The first-order valence-electron chi connectivity index (χ1n) is 6.33. The van der Waals surface area contributed by atoms with Gasteiger partial charge in [0, 0.05) is 25.3 Å². The van der Waals surface area contributed by atoms with Gasteiger partial charge in [0.25, 0.3) is 0 Å². The molecule has 0 atom stereocenters. The van der Waals surface area contributed by atoms with Gasteiger partial charge in [0.1, 0.15) is 0 Å². The van der Waals surface area contributed by atoms with Gasteiger partial charge in [-0.25, -0.2) is 0 Å². The Morgan fingerprint density at radius 1 is 1.28 bits per heavy atom. The zero-order valence-electron chi connectivity index (χ0n) is 11.4. The van der Waals surface area contributed by atoms with Gasteiger partial charge in [-0.3, -0.25) is 0 Å². The lowest BCUT2D eigenvalue weighted by Gasteiger charge is -2.27. The molecule has 0 unspecified atom stereocenters. The minimum Gasteiger partial charge on any atom is -0.454 e. The molecule has 4 nitrogen and oxygen atoms in total. The maximum Gasteiger partial charge on any atom is 0.231 e. The summed E-state index contributed by atoms with van der Waals surface area (Å²) in [6, 6.07) is 6.04. The van der Waals surface area contributed by atoms with Crippen LogP contribution in [0, 0.1) is 5.41 Å². The van der Waals surface area contributed by atoms with E-state index in [1.165, 1.54) is 0 Å². The van der Waals surface area contributed by atoms with Gasteiger partial charge in [0.05, 0.1) is 0 Å². The van der Waals surface area contributed by atoms with Crippen LogP contribution in [0.5, 0.6) is 11.5 Å². The molecule has 0 aromatic heterocycles. The highest BCUT2D eigenvalue weighted by Gasteiger charge is 2.18. The molecule has 0 saturated heterocycles. The second-order valence-corrected chi connectivity index (χ2v) is 5.58. The van der Waals surface area contributed by atoms with E-state index in [9.17, 15) is 0 Å². The Morgan fingerprint density at radius 2 is 2.00 bits per heavy atom. The van der Waals surface area contributed by atoms with Crippen molar-refractivity contribution >= 4 is 5.69 Å². The maximum atomic E-state index is 5.75. The maximum absolute atomic E-state index is 5.75. The zero-order valence-corrected chi connectivity index (χ0v) is 11.4. The van der Waals surface area contributed by atoms with E-state index in [1.54, 1.807) is 0 Å². The minimum absolute atomic E-state index is 0.185. The summed E-state index contributed by atoms with van der Waals surface area (Å²) in [5.41, 5.74) is 7.08. The molecule has 4 heteroatoms. The standard InChI is InChI=1S/C14H22N2O2/c1-14(2,9-15)6-7-16(3)11-4-5-12-13(8-11)18-10-17-12/h4-5,8H,6-7,9-10,15H2,1-3H3. The average Bonchev–Trinajstić information content (AvgIpc) is 2.83. The summed E-state index contributed by atoms with van der Waals surface area (Å²) in [6.07, 6.45) is 1.06. The molecule has 1 aromatic rings. The van der Waals surface area contributed by atoms with Crippen molar-refractivity contribution in [2.75, 3.05) is 31.8 Å². The normalized spacial score (nSPS) is 13.8. The highest BCUT2D eigenvalue weighted by molar-refractivity contribution is 5.56. The second-order valence-electron chi connectivity index (χ2n) is 5.58. The third kappa shape index (κ3) is 2.88. The van der Waals surface area contributed by atoms with Crippen LogP contribution < -0.4 is 20.1 Å². The number of anilines is 1. The highest BCUT2D eigenvalue weighted by atomic mass is 16.7. The van der Waals surface area contributed by atoms with E-state index in [2.05, 4.69) is 31.9 Å². The molecule has 1 aliphatic heterocycles. The van der Waals surface area contributed by atoms with E-state index in [1.807, 2.05) is 12.1 Å². The fraction of sp³-hybridized carbons (Fsp3) is 0.571. The van der Waals surface area contributed by atoms with E-state index < -0.39 is 0 Å². The lowest BCUT2D eigenvalue weighted by atomic mass is 9.89. The number of benzene rings is 1. The first-order valence-corrected chi connectivity index (χ1v) is 6.33. The highest BCUT2D eigenvalue weighted by Crippen LogP contribution is 2.35. The number of hydrogen-bond acceptors (Lipinski definition) is 4. The molecule has 18 heavy (non-hydrogen) atoms. The Labute approximate surface area is 109 Å². The van der Waals surface area contributed by atoms with Gasteiger partial charge in [0.15, 0.2) is 11.5 Å². The molecule has 0 fully saturated rings. The van der Waals surface area contributed by atoms with E-state index in [0.29, 0.717) is 13.3 Å². The number of nitrogens with two attached hydrogens (primary N) is 1. The van der Waals surface area contributed by atoms with Gasteiger partial charge >= 0.3 is 0 Å². The molecule has 0 amide bonds. The molecule has 100 valence electrons. The molecule has 2 N–H and O–H groups in total. The van der Waals surface area contributed by atoms with Gasteiger partial charge in [-0.05, 0) is 30.5 Å². The Morgan fingerprint density at radius 3 is 2.72 bits per heavy atom. The quantitative estimate of drug-likeness (QED) is 0.870. The summed E-state index contributed by atoms with van der Waals surface area (Å²) in [5, 5.41) is 0. The van der Waals surface area contributed by atoms with E-state index in [4.69, 9.17) is 15.2 Å². The Kier molecular flexibility index (Phi) is 3.66. The van der Waals surface area contributed by atoms with Crippen LogP contribution >= 0.6 is 0 Å². The predicted molar refractivity (Wildman–Crippen MR) is 73.3 cm³/mol. The van der Waals surface area contributed by atoms with Crippen LogP contribution in [-0.2, 0) is 0 Å². The predicted octanol–water partition coefficient (Wildman–Crippen LogP) is 2.23. The lowest BCUT2D eigenvalue weighted by molar-refractivity contribution is 0.174. The fourth-order valence-electron chi connectivity index (χ4n) is 1.82. The molecule has 0 aliphatic carbocycles. The van der Waals surface area contributed by atoms with Gasteiger partial charge in [-0.15, -0.1) is 0 Å². The topological polar surface area (TPSA) is 47.7 Å². The minimum atomic E-state index is 0.185. The Balaban J connectivity index is 1.99. The molecule has 0 saturated carbocycles. The third-order valence-electron chi connectivity index (χ3n) is 3.47. The van der Waals surface area contributed by atoms with Crippen LogP contribution in [0.25, 0.3) is 0 Å². The van der Waals surface area contributed by atoms with Crippen molar-refractivity contribution in [1.29, 1.82) is 0 Å². The van der Waals surface area contributed by atoms with Crippen molar-refractivity contribution in [3.05, 3.63) is 18.2 Å². The molecular weight excluding hydrogens is 228 g/mol. The molecule has 0 bridgehead atoms. The largest absolute Gasteiger partial charge is 0.454 e. The number of rotatable bonds is 5. The number of hydrogen-bond donors (Lipinski definition) is 1. The molecular formula is C14H22N2O2. The molecule has 1 aromatic carbocycles.